The van der Waals surface area contributed by atoms with Crippen molar-refractivity contribution < 1.29 is 0 Å². The van der Waals surface area contributed by atoms with Gasteiger partial charge in [0.2, 0.25) is 0 Å². The summed E-state index contributed by atoms with van der Waals surface area (Å²) in [6.45, 7) is 0. The molecule has 0 saturated carbocycles. The number of aryl methyl sites for hydroxylation is 1. The first-order chi connectivity index (χ1) is 5.75. The van der Waals surface area contributed by atoms with E-state index >= 15 is 0 Å². The van der Waals surface area contributed by atoms with Gasteiger partial charge in [0.05, 0.1) is 5.69 Å². The highest BCUT2D eigenvalue weighted by molar-refractivity contribution is 5.21. The second-order valence-corrected chi connectivity index (χ2v) is 3.21. The third-order valence-electron chi connectivity index (χ3n) is 2.22. The van der Waals surface area contributed by atoms with Gasteiger partial charge in [0.15, 0.2) is 0 Å². The molecule has 0 bridgehead atoms. The van der Waals surface area contributed by atoms with E-state index in [-0.39, 0.29) is 11.6 Å². The summed E-state index contributed by atoms with van der Waals surface area (Å²) >= 11 is 0. The summed E-state index contributed by atoms with van der Waals surface area (Å²) in [7, 11) is 0. The molecule has 0 radical (unpaired) electrons. The van der Waals surface area contributed by atoms with Crippen LogP contribution in [-0.2, 0) is 12.8 Å². The summed E-state index contributed by atoms with van der Waals surface area (Å²) in [6.07, 6.45) is 2.62. The van der Waals surface area contributed by atoms with Crippen LogP contribution >= 0.6 is 0 Å². The van der Waals surface area contributed by atoms with E-state index in [2.05, 4.69) is 10.2 Å². The van der Waals surface area contributed by atoms with E-state index in [4.69, 9.17) is 5.73 Å². The summed E-state index contributed by atoms with van der Waals surface area (Å²) in [5.41, 5.74) is 7.64. The zero-order valence-electron chi connectivity index (χ0n) is 6.71. The molecule has 0 fully saturated rings. The molecule has 12 heavy (non-hydrogen) atoms. The molecule has 1 aromatic rings. The maximum atomic E-state index is 10.9. The Kier molecular flexibility index (Phi) is 1.69. The Morgan fingerprint density at radius 3 is 3.33 bits per heavy atom. The van der Waals surface area contributed by atoms with Gasteiger partial charge in [0.1, 0.15) is 0 Å². The van der Waals surface area contributed by atoms with Gasteiger partial charge in [-0.15, -0.1) is 0 Å². The molecule has 0 saturated heterocycles. The highest BCUT2D eigenvalue weighted by Gasteiger charge is 2.16. The first-order valence-corrected chi connectivity index (χ1v) is 4.09. The van der Waals surface area contributed by atoms with Crippen molar-refractivity contribution in [2.45, 2.75) is 25.3 Å². The summed E-state index contributed by atoms with van der Waals surface area (Å²) < 4.78 is 0. The molecule has 4 nitrogen and oxygen atoms in total. The fourth-order valence-corrected chi connectivity index (χ4v) is 1.55. The molecule has 4 heteroatoms. The summed E-state index contributed by atoms with van der Waals surface area (Å²) in [4.78, 5) is 10.9. The SMILES string of the molecule is NC1CCc2cc(=O)[nH]nc2C1. The zero-order chi connectivity index (χ0) is 8.55. The molecular formula is C8H11N3O. The fourth-order valence-electron chi connectivity index (χ4n) is 1.55. The third-order valence-corrected chi connectivity index (χ3v) is 2.22. The number of fused-ring (bicyclic) bond motifs is 1. The first kappa shape index (κ1) is 7.49. The van der Waals surface area contributed by atoms with Gasteiger partial charge in [-0.2, -0.15) is 5.10 Å². The lowest BCUT2D eigenvalue weighted by atomic mass is 9.93. The van der Waals surface area contributed by atoms with Crippen molar-refractivity contribution in [2.24, 2.45) is 5.73 Å². The van der Waals surface area contributed by atoms with Crippen molar-refractivity contribution in [1.82, 2.24) is 10.2 Å². The van der Waals surface area contributed by atoms with E-state index in [0.29, 0.717) is 0 Å². The lowest BCUT2D eigenvalue weighted by Crippen LogP contribution is -2.30. The molecule has 0 aromatic carbocycles. The number of nitrogens with one attached hydrogen (secondary N) is 1. The Bertz CT molecular complexity index is 344. The average Bonchev–Trinajstić information content (AvgIpc) is 2.05. The van der Waals surface area contributed by atoms with Crippen LogP contribution in [-0.4, -0.2) is 16.2 Å². The van der Waals surface area contributed by atoms with Crippen LogP contribution in [0.3, 0.4) is 0 Å². The molecular weight excluding hydrogens is 154 g/mol. The predicted octanol–water partition coefficient (Wildman–Crippen LogP) is -0.414. The Morgan fingerprint density at radius 2 is 2.50 bits per heavy atom. The van der Waals surface area contributed by atoms with Gasteiger partial charge < -0.3 is 5.73 Å². The van der Waals surface area contributed by atoms with E-state index in [0.717, 1.165) is 30.5 Å². The minimum absolute atomic E-state index is 0.121. The van der Waals surface area contributed by atoms with Gasteiger partial charge in [-0.1, -0.05) is 0 Å². The lowest BCUT2D eigenvalue weighted by molar-refractivity contribution is 0.557. The standard InChI is InChI=1S/C8H11N3O/c9-6-2-1-5-3-8(12)11-10-7(5)4-6/h3,6H,1-2,4,9H2,(H,11,12). The third kappa shape index (κ3) is 1.25. The van der Waals surface area contributed by atoms with E-state index in [9.17, 15) is 4.79 Å². The maximum Gasteiger partial charge on any atom is 0.264 e. The molecule has 1 aliphatic carbocycles. The van der Waals surface area contributed by atoms with Crippen molar-refractivity contribution in [2.75, 3.05) is 0 Å². The van der Waals surface area contributed by atoms with Crippen LogP contribution in [0.1, 0.15) is 17.7 Å². The topological polar surface area (TPSA) is 71.8 Å². The number of aromatic nitrogens is 2. The lowest BCUT2D eigenvalue weighted by Gasteiger charge is -2.18. The Morgan fingerprint density at radius 1 is 1.67 bits per heavy atom. The monoisotopic (exact) mass is 165 g/mol. The Labute approximate surface area is 69.8 Å². The molecule has 0 aliphatic heterocycles. The van der Waals surface area contributed by atoms with Gasteiger partial charge in [-0.05, 0) is 18.4 Å². The van der Waals surface area contributed by atoms with Crippen molar-refractivity contribution in [3.63, 3.8) is 0 Å². The predicted molar refractivity (Wildman–Crippen MR) is 44.9 cm³/mol. The van der Waals surface area contributed by atoms with Crippen molar-refractivity contribution in [3.05, 3.63) is 27.7 Å². The van der Waals surface area contributed by atoms with Crippen LogP contribution in [0.25, 0.3) is 0 Å². The number of rotatable bonds is 0. The van der Waals surface area contributed by atoms with Crippen LogP contribution in [0, 0.1) is 0 Å². The van der Waals surface area contributed by atoms with E-state index < -0.39 is 0 Å². The van der Waals surface area contributed by atoms with E-state index in [1.54, 1.807) is 6.07 Å². The van der Waals surface area contributed by atoms with E-state index in [1.165, 1.54) is 0 Å². The molecule has 1 unspecified atom stereocenters. The fraction of sp³-hybridized carbons (Fsp3) is 0.500. The highest BCUT2D eigenvalue weighted by atomic mass is 16.1. The van der Waals surface area contributed by atoms with Crippen LogP contribution < -0.4 is 11.3 Å². The van der Waals surface area contributed by atoms with Crippen molar-refractivity contribution in [1.29, 1.82) is 0 Å². The largest absolute Gasteiger partial charge is 0.327 e. The van der Waals surface area contributed by atoms with Crippen LogP contribution in [0.4, 0.5) is 0 Å². The molecule has 1 atom stereocenters. The molecule has 0 spiro atoms. The molecule has 1 aromatic heterocycles. The number of H-pyrrole nitrogens is 1. The summed E-state index contributed by atoms with van der Waals surface area (Å²) in [5, 5.41) is 6.37. The molecule has 64 valence electrons. The maximum absolute atomic E-state index is 10.9. The molecule has 3 N–H and O–H groups in total. The molecule has 2 rings (SSSR count). The number of hydrogen-bond acceptors (Lipinski definition) is 3. The van der Waals surface area contributed by atoms with Gasteiger partial charge in [0.25, 0.3) is 5.56 Å². The number of nitrogens with two attached hydrogens (primary N) is 1. The zero-order valence-corrected chi connectivity index (χ0v) is 6.71. The second kappa shape index (κ2) is 2.71. The number of aromatic amines is 1. The number of nitrogens with zero attached hydrogens (tertiary/aromatic N) is 1. The van der Waals surface area contributed by atoms with E-state index in [1.807, 2.05) is 0 Å². The molecule has 1 aliphatic rings. The Hall–Kier alpha value is -1.16. The number of hydrogen-bond donors (Lipinski definition) is 2. The average molecular weight is 165 g/mol. The smallest absolute Gasteiger partial charge is 0.264 e. The van der Waals surface area contributed by atoms with Crippen LogP contribution in [0.15, 0.2) is 10.9 Å². The second-order valence-electron chi connectivity index (χ2n) is 3.21. The summed E-state index contributed by atoms with van der Waals surface area (Å²) in [6, 6.07) is 1.82. The van der Waals surface area contributed by atoms with Gasteiger partial charge in [-0.25, -0.2) is 5.10 Å². The summed E-state index contributed by atoms with van der Waals surface area (Å²) in [5.74, 6) is 0. The highest BCUT2D eigenvalue weighted by Crippen LogP contribution is 2.15. The van der Waals surface area contributed by atoms with Gasteiger partial charge in [-0.3, -0.25) is 4.79 Å². The first-order valence-electron chi connectivity index (χ1n) is 4.09. The minimum atomic E-state index is -0.121. The van der Waals surface area contributed by atoms with Crippen molar-refractivity contribution >= 4 is 0 Å². The van der Waals surface area contributed by atoms with Crippen LogP contribution in [0.2, 0.25) is 0 Å². The van der Waals surface area contributed by atoms with Gasteiger partial charge in [0, 0.05) is 18.5 Å². The quantitative estimate of drug-likeness (QED) is 0.548. The normalized spacial score (nSPS) is 21.9. The molecule has 0 amide bonds. The van der Waals surface area contributed by atoms with Gasteiger partial charge >= 0.3 is 0 Å². The van der Waals surface area contributed by atoms with Crippen molar-refractivity contribution in [3.8, 4) is 0 Å². The Balaban J connectivity index is 2.43. The molecule has 1 heterocycles. The minimum Gasteiger partial charge on any atom is -0.327 e. The van der Waals surface area contributed by atoms with Crippen LogP contribution in [0.5, 0.6) is 0 Å².